The van der Waals surface area contributed by atoms with Crippen LogP contribution in [0.3, 0.4) is 0 Å². The monoisotopic (exact) mass is 264 g/mol. The highest BCUT2D eigenvalue weighted by molar-refractivity contribution is 5.63. The molecule has 0 fully saturated rings. The molecule has 0 aromatic heterocycles. The fraction of sp³-hybridized carbons (Fsp3) is 0.667. The van der Waals surface area contributed by atoms with E-state index in [1.165, 1.54) is 0 Å². The number of rotatable bonds is 2. The van der Waals surface area contributed by atoms with Crippen LogP contribution in [0.1, 0.15) is 41.5 Å². The lowest BCUT2D eigenvalue weighted by molar-refractivity contribution is -0.135. The van der Waals surface area contributed by atoms with Crippen LogP contribution in [-0.2, 0) is 9.59 Å². The zero-order chi connectivity index (χ0) is 15.6. The molecule has 0 aliphatic carbocycles. The molecule has 0 aromatic carbocycles. The van der Waals surface area contributed by atoms with Crippen molar-refractivity contribution in [2.75, 3.05) is 0 Å². The average Bonchev–Trinajstić information content (AvgIpc) is 1.95. The molecule has 0 spiro atoms. The minimum Gasteiger partial charge on any atom is -0.481 e. The second-order valence-electron chi connectivity index (χ2n) is 4.68. The molecule has 0 aromatic rings. The topological polar surface area (TPSA) is 115 Å². The van der Waals surface area contributed by atoms with E-state index in [1.807, 2.05) is 0 Å². The Balaban J connectivity index is -0.000000233. The van der Waals surface area contributed by atoms with E-state index in [9.17, 15) is 10.2 Å². The van der Waals surface area contributed by atoms with Crippen LogP contribution < -0.4 is 0 Å². The molecule has 0 aliphatic heterocycles. The Bertz CT molecular complexity index is 231. The molecule has 0 unspecified atom stereocenters. The maximum Gasteiger partial charge on any atom is 0.300 e. The van der Waals surface area contributed by atoms with E-state index in [4.69, 9.17) is 19.8 Å². The Labute approximate surface area is 108 Å². The third kappa shape index (κ3) is 86.1. The van der Waals surface area contributed by atoms with Crippen molar-refractivity contribution in [3.63, 3.8) is 0 Å². The van der Waals surface area contributed by atoms with E-state index >= 15 is 0 Å². The zero-order valence-corrected chi connectivity index (χ0v) is 11.8. The molecule has 4 N–H and O–H groups in total. The van der Waals surface area contributed by atoms with Gasteiger partial charge in [-0.1, -0.05) is 12.2 Å². The Morgan fingerprint density at radius 1 is 0.778 bits per heavy atom. The lowest BCUT2D eigenvalue weighted by atomic mass is 10.0. The predicted molar refractivity (Wildman–Crippen MR) is 68.4 cm³/mol. The molecule has 6 heteroatoms. The summed E-state index contributed by atoms with van der Waals surface area (Å²) >= 11 is 0. The summed E-state index contributed by atoms with van der Waals surface area (Å²) in [6.07, 6.45) is 3.15. The van der Waals surface area contributed by atoms with Crippen LogP contribution >= 0.6 is 0 Å². The van der Waals surface area contributed by atoms with Crippen LogP contribution in [-0.4, -0.2) is 43.6 Å². The molecule has 108 valence electrons. The van der Waals surface area contributed by atoms with Crippen molar-refractivity contribution in [2.24, 2.45) is 0 Å². The number of hydrogen-bond donors (Lipinski definition) is 4. The SMILES string of the molecule is CC(=O)O.CC(=O)O.CC(C)(O)C=CC(C)(C)O. The molecule has 6 nitrogen and oxygen atoms in total. The number of carbonyl (C=O) groups is 2. The maximum atomic E-state index is 9.18. The summed E-state index contributed by atoms with van der Waals surface area (Å²) in [7, 11) is 0. The summed E-state index contributed by atoms with van der Waals surface area (Å²) in [5.74, 6) is -1.67. The molecule has 0 atom stereocenters. The molecule has 0 radical (unpaired) electrons. The summed E-state index contributed by atoms with van der Waals surface area (Å²) < 4.78 is 0. The molecule has 0 saturated heterocycles. The van der Waals surface area contributed by atoms with E-state index in [-0.39, 0.29) is 0 Å². The lowest BCUT2D eigenvalue weighted by Gasteiger charge is -2.15. The molecular weight excluding hydrogens is 240 g/mol. The Kier molecular flexibility index (Phi) is 11.7. The highest BCUT2D eigenvalue weighted by Crippen LogP contribution is 2.08. The fourth-order valence-electron chi connectivity index (χ4n) is 0.408. The average molecular weight is 264 g/mol. The first-order valence-electron chi connectivity index (χ1n) is 5.21. The van der Waals surface area contributed by atoms with Gasteiger partial charge in [0.1, 0.15) is 0 Å². The summed E-state index contributed by atoms with van der Waals surface area (Å²) in [4.78, 5) is 18.0. The first-order valence-corrected chi connectivity index (χ1v) is 5.21. The summed E-state index contributed by atoms with van der Waals surface area (Å²) in [5, 5.41) is 33.2. The highest BCUT2D eigenvalue weighted by atomic mass is 16.4. The molecule has 0 aliphatic rings. The first kappa shape index (κ1) is 21.8. The smallest absolute Gasteiger partial charge is 0.300 e. The third-order valence-corrected chi connectivity index (χ3v) is 0.899. The second-order valence-corrected chi connectivity index (χ2v) is 4.68. The standard InChI is InChI=1S/C8H16O2.2C2H4O2/c1-7(2,9)5-6-8(3,4)10;2*1-2(3)4/h5-6,9-10H,1-4H3;2*1H3,(H,3,4). The van der Waals surface area contributed by atoms with Crippen LogP contribution in [0.4, 0.5) is 0 Å². The van der Waals surface area contributed by atoms with Gasteiger partial charge in [-0.3, -0.25) is 9.59 Å². The van der Waals surface area contributed by atoms with Crippen molar-refractivity contribution in [1.82, 2.24) is 0 Å². The van der Waals surface area contributed by atoms with E-state index in [2.05, 4.69) is 0 Å². The minimum absolute atomic E-state index is 0.833. The van der Waals surface area contributed by atoms with Crippen LogP contribution in [0.5, 0.6) is 0 Å². The number of carboxylic acids is 2. The first-order chi connectivity index (χ1) is 7.67. The Morgan fingerprint density at radius 3 is 0.944 bits per heavy atom. The highest BCUT2D eigenvalue weighted by Gasteiger charge is 2.11. The minimum atomic E-state index is -0.833. The van der Waals surface area contributed by atoms with Crippen LogP contribution in [0.2, 0.25) is 0 Å². The van der Waals surface area contributed by atoms with Crippen molar-refractivity contribution in [1.29, 1.82) is 0 Å². The zero-order valence-electron chi connectivity index (χ0n) is 11.8. The van der Waals surface area contributed by atoms with Gasteiger partial charge in [-0.2, -0.15) is 0 Å². The quantitative estimate of drug-likeness (QED) is 0.558. The van der Waals surface area contributed by atoms with Crippen molar-refractivity contribution in [3.8, 4) is 0 Å². The van der Waals surface area contributed by atoms with Crippen LogP contribution in [0.15, 0.2) is 12.2 Å². The van der Waals surface area contributed by atoms with Crippen LogP contribution in [0.25, 0.3) is 0 Å². The van der Waals surface area contributed by atoms with Gasteiger partial charge in [-0.15, -0.1) is 0 Å². The normalized spacial score (nSPS) is 10.9. The van der Waals surface area contributed by atoms with Gasteiger partial charge in [-0.25, -0.2) is 0 Å². The molecular formula is C12H24O6. The Hall–Kier alpha value is -1.40. The molecule has 0 heterocycles. The van der Waals surface area contributed by atoms with E-state index in [1.54, 1.807) is 39.8 Å². The predicted octanol–water partition coefficient (Wildman–Crippen LogP) is 1.27. The van der Waals surface area contributed by atoms with Gasteiger partial charge in [0.2, 0.25) is 0 Å². The van der Waals surface area contributed by atoms with Crippen molar-refractivity contribution in [2.45, 2.75) is 52.7 Å². The third-order valence-electron chi connectivity index (χ3n) is 0.899. The summed E-state index contributed by atoms with van der Waals surface area (Å²) in [6.45, 7) is 8.81. The lowest BCUT2D eigenvalue weighted by Crippen LogP contribution is -2.19. The summed E-state index contributed by atoms with van der Waals surface area (Å²) in [5.41, 5.74) is -1.67. The number of aliphatic hydroxyl groups is 2. The Morgan fingerprint density at radius 2 is 0.889 bits per heavy atom. The largest absolute Gasteiger partial charge is 0.481 e. The number of aliphatic carboxylic acids is 2. The van der Waals surface area contributed by atoms with E-state index in [0.29, 0.717) is 0 Å². The van der Waals surface area contributed by atoms with Crippen molar-refractivity contribution >= 4 is 11.9 Å². The molecule has 0 rings (SSSR count). The van der Waals surface area contributed by atoms with E-state index in [0.717, 1.165) is 13.8 Å². The number of hydrogen-bond acceptors (Lipinski definition) is 4. The van der Waals surface area contributed by atoms with Gasteiger partial charge < -0.3 is 20.4 Å². The molecule has 0 bridgehead atoms. The van der Waals surface area contributed by atoms with Crippen molar-refractivity contribution < 1.29 is 30.0 Å². The van der Waals surface area contributed by atoms with Crippen LogP contribution in [0, 0.1) is 0 Å². The summed E-state index contributed by atoms with van der Waals surface area (Å²) in [6, 6.07) is 0. The number of carboxylic acid groups (broad SMARTS) is 2. The van der Waals surface area contributed by atoms with Gasteiger partial charge in [0.15, 0.2) is 0 Å². The van der Waals surface area contributed by atoms with Gasteiger partial charge in [0, 0.05) is 13.8 Å². The fourth-order valence-corrected chi connectivity index (χ4v) is 0.408. The van der Waals surface area contributed by atoms with Crippen molar-refractivity contribution in [3.05, 3.63) is 12.2 Å². The van der Waals surface area contributed by atoms with Gasteiger partial charge >= 0.3 is 0 Å². The molecule has 0 amide bonds. The van der Waals surface area contributed by atoms with Gasteiger partial charge in [-0.05, 0) is 27.7 Å². The molecule has 18 heavy (non-hydrogen) atoms. The second kappa shape index (κ2) is 9.61. The van der Waals surface area contributed by atoms with Gasteiger partial charge in [0.05, 0.1) is 11.2 Å². The van der Waals surface area contributed by atoms with E-state index < -0.39 is 23.1 Å². The maximum absolute atomic E-state index is 9.18. The van der Waals surface area contributed by atoms with Gasteiger partial charge in [0.25, 0.3) is 11.9 Å². The molecule has 0 saturated carbocycles.